The van der Waals surface area contributed by atoms with Gasteiger partial charge in [0.05, 0.1) is 12.8 Å². The van der Waals surface area contributed by atoms with Crippen LogP contribution in [0.25, 0.3) is 11.4 Å². The second-order valence-corrected chi connectivity index (χ2v) is 6.53. The Kier molecular flexibility index (Phi) is 5.33. The van der Waals surface area contributed by atoms with Crippen LogP contribution < -0.4 is 10.6 Å². The third-order valence-electron chi connectivity index (χ3n) is 4.40. The SMILES string of the molecule is Cc1ccccc1Nc1cc(C(=O)NCc2ccco2)nc(-c2ccccc2)n1. The number of anilines is 2. The largest absolute Gasteiger partial charge is 0.467 e. The van der Waals surface area contributed by atoms with Crippen molar-refractivity contribution in [2.45, 2.75) is 13.5 Å². The summed E-state index contributed by atoms with van der Waals surface area (Å²) in [5.74, 6) is 1.41. The van der Waals surface area contributed by atoms with Gasteiger partial charge < -0.3 is 15.1 Å². The Morgan fingerprint density at radius 1 is 0.966 bits per heavy atom. The summed E-state index contributed by atoms with van der Waals surface area (Å²) < 4.78 is 5.27. The molecule has 2 aromatic carbocycles. The topological polar surface area (TPSA) is 80.0 Å². The van der Waals surface area contributed by atoms with Crippen molar-refractivity contribution in [3.63, 3.8) is 0 Å². The number of nitrogens with zero attached hydrogens (tertiary/aromatic N) is 2. The lowest BCUT2D eigenvalue weighted by Crippen LogP contribution is -2.24. The smallest absolute Gasteiger partial charge is 0.270 e. The number of carbonyl (C=O) groups excluding carboxylic acids is 1. The van der Waals surface area contributed by atoms with Crippen LogP contribution in [0.3, 0.4) is 0 Å². The minimum absolute atomic E-state index is 0.279. The second kappa shape index (κ2) is 8.39. The summed E-state index contributed by atoms with van der Waals surface area (Å²) >= 11 is 0. The van der Waals surface area contributed by atoms with Gasteiger partial charge >= 0.3 is 0 Å². The fraction of sp³-hybridized carbons (Fsp3) is 0.0870. The minimum Gasteiger partial charge on any atom is -0.467 e. The maximum atomic E-state index is 12.7. The summed E-state index contributed by atoms with van der Waals surface area (Å²) in [7, 11) is 0. The Hall–Kier alpha value is -3.93. The number of aromatic nitrogens is 2. The minimum atomic E-state index is -0.297. The molecule has 4 rings (SSSR count). The average molecular weight is 384 g/mol. The Morgan fingerprint density at radius 3 is 2.52 bits per heavy atom. The van der Waals surface area contributed by atoms with E-state index in [1.54, 1.807) is 24.5 Å². The van der Waals surface area contributed by atoms with Crippen LogP contribution in [0.5, 0.6) is 0 Å². The van der Waals surface area contributed by atoms with Crippen molar-refractivity contribution < 1.29 is 9.21 Å². The number of furan rings is 1. The van der Waals surface area contributed by atoms with Gasteiger partial charge in [0.15, 0.2) is 5.82 Å². The van der Waals surface area contributed by atoms with Gasteiger partial charge in [0.2, 0.25) is 0 Å². The quantitative estimate of drug-likeness (QED) is 0.503. The summed E-state index contributed by atoms with van der Waals surface area (Å²) in [6.45, 7) is 2.30. The molecule has 0 aliphatic carbocycles. The molecule has 0 fully saturated rings. The van der Waals surface area contributed by atoms with E-state index in [0.717, 1.165) is 16.8 Å². The highest BCUT2D eigenvalue weighted by Crippen LogP contribution is 2.22. The van der Waals surface area contributed by atoms with E-state index in [1.165, 1.54) is 0 Å². The van der Waals surface area contributed by atoms with Crippen molar-refractivity contribution in [3.05, 3.63) is 96.1 Å². The van der Waals surface area contributed by atoms with Crippen molar-refractivity contribution in [2.24, 2.45) is 0 Å². The van der Waals surface area contributed by atoms with Crippen molar-refractivity contribution in [2.75, 3.05) is 5.32 Å². The average Bonchev–Trinajstić information content (AvgIpc) is 3.28. The van der Waals surface area contributed by atoms with E-state index in [2.05, 4.69) is 20.6 Å². The molecular formula is C23H20N4O2. The van der Waals surface area contributed by atoms with Crippen molar-refractivity contribution in [1.29, 1.82) is 0 Å². The van der Waals surface area contributed by atoms with Crippen molar-refractivity contribution in [3.8, 4) is 11.4 Å². The van der Waals surface area contributed by atoms with Gasteiger partial charge in [0.25, 0.3) is 5.91 Å². The molecule has 0 atom stereocenters. The summed E-state index contributed by atoms with van der Waals surface area (Å²) in [5.41, 5.74) is 3.12. The lowest BCUT2D eigenvalue weighted by molar-refractivity contribution is 0.0943. The lowest BCUT2D eigenvalue weighted by atomic mass is 10.2. The summed E-state index contributed by atoms with van der Waals surface area (Å²) in [4.78, 5) is 21.8. The number of para-hydroxylation sites is 1. The number of nitrogens with one attached hydrogen (secondary N) is 2. The van der Waals surface area contributed by atoms with E-state index in [-0.39, 0.29) is 18.1 Å². The van der Waals surface area contributed by atoms with Crippen LogP contribution in [0.4, 0.5) is 11.5 Å². The van der Waals surface area contributed by atoms with Crippen LogP contribution in [-0.2, 0) is 6.54 Å². The molecule has 144 valence electrons. The molecule has 0 aliphatic heterocycles. The molecule has 6 heteroatoms. The Balaban J connectivity index is 1.66. The maximum absolute atomic E-state index is 12.7. The Labute approximate surface area is 168 Å². The van der Waals surface area contributed by atoms with Crippen LogP contribution in [0.15, 0.2) is 83.5 Å². The fourth-order valence-corrected chi connectivity index (χ4v) is 2.87. The van der Waals surface area contributed by atoms with E-state index in [1.807, 2.05) is 61.5 Å². The van der Waals surface area contributed by atoms with E-state index in [4.69, 9.17) is 4.42 Å². The van der Waals surface area contributed by atoms with Crippen LogP contribution in [-0.4, -0.2) is 15.9 Å². The summed E-state index contributed by atoms with van der Waals surface area (Å²) in [6, 6.07) is 22.7. The molecule has 4 aromatic rings. The van der Waals surface area contributed by atoms with Gasteiger partial charge in [-0.25, -0.2) is 9.97 Å². The van der Waals surface area contributed by atoms with Gasteiger partial charge in [0, 0.05) is 17.3 Å². The molecule has 0 bridgehead atoms. The van der Waals surface area contributed by atoms with Gasteiger partial charge in [-0.05, 0) is 30.7 Å². The molecule has 0 aliphatic rings. The predicted molar refractivity (Wildman–Crippen MR) is 112 cm³/mol. The van der Waals surface area contributed by atoms with Gasteiger partial charge in [0.1, 0.15) is 17.3 Å². The van der Waals surface area contributed by atoms with Crippen LogP contribution >= 0.6 is 0 Å². The molecule has 2 heterocycles. The predicted octanol–water partition coefficient (Wildman–Crippen LogP) is 4.72. The highest BCUT2D eigenvalue weighted by Gasteiger charge is 2.14. The zero-order chi connectivity index (χ0) is 20.1. The first-order valence-electron chi connectivity index (χ1n) is 9.27. The number of aryl methyl sites for hydroxylation is 1. The van der Waals surface area contributed by atoms with Gasteiger partial charge in [-0.15, -0.1) is 0 Å². The highest BCUT2D eigenvalue weighted by atomic mass is 16.3. The van der Waals surface area contributed by atoms with E-state index in [0.29, 0.717) is 17.4 Å². The molecule has 0 saturated carbocycles. The first-order chi connectivity index (χ1) is 14.2. The van der Waals surface area contributed by atoms with Gasteiger partial charge in [-0.2, -0.15) is 0 Å². The Morgan fingerprint density at radius 2 is 1.76 bits per heavy atom. The molecule has 0 unspecified atom stereocenters. The molecular weight excluding hydrogens is 364 g/mol. The van der Waals surface area contributed by atoms with E-state index >= 15 is 0 Å². The van der Waals surface area contributed by atoms with E-state index < -0.39 is 0 Å². The standard InChI is InChI=1S/C23H20N4O2/c1-16-8-5-6-12-19(16)25-21-14-20(23(28)24-15-18-11-7-13-29-18)26-22(27-21)17-9-3-2-4-10-17/h2-14H,15H2,1H3,(H,24,28)(H,25,26,27). The molecule has 0 saturated heterocycles. The number of rotatable bonds is 6. The van der Waals surface area contributed by atoms with Crippen LogP contribution in [0.1, 0.15) is 21.8 Å². The zero-order valence-corrected chi connectivity index (χ0v) is 15.9. The van der Waals surface area contributed by atoms with Crippen LogP contribution in [0, 0.1) is 6.92 Å². The van der Waals surface area contributed by atoms with Crippen molar-refractivity contribution >= 4 is 17.4 Å². The fourth-order valence-electron chi connectivity index (χ4n) is 2.87. The number of amides is 1. The zero-order valence-electron chi connectivity index (χ0n) is 15.9. The summed E-state index contributed by atoms with van der Waals surface area (Å²) in [5, 5.41) is 6.13. The number of carbonyl (C=O) groups is 1. The number of hydrogen-bond donors (Lipinski definition) is 2. The van der Waals surface area contributed by atoms with Crippen molar-refractivity contribution in [1.82, 2.24) is 15.3 Å². The first kappa shape index (κ1) is 18.4. The molecule has 1 amide bonds. The number of benzene rings is 2. The number of hydrogen-bond acceptors (Lipinski definition) is 5. The normalized spacial score (nSPS) is 10.5. The lowest BCUT2D eigenvalue weighted by Gasteiger charge is -2.12. The molecule has 0 spiro atoms. The molecule has 2 aromatic heterocycles. The molecule has 2 N–H and O–H groups in total. The maximum Gasteiger partial charge on any atom is 0.270 e. The molecule has 29 heavy (non-hydrogen) atoms. The Bertz CT molecular complexity index is 1110. The second-order valence-electron chi connectivity index (χ2n) is 6.53. The third kappa shape index (κ3) is 4.50. The van der Waals surface area contributed by atoms with Gasteiger partial charge in [-0.3, -0.25) is 4.79 Å². The summed E-state index contributed by atoms with van der Waals surface area (Å²) in [6.07, 6.45) is 1.57. The monoisotopic (exact) mass is 384 g/mol. The van der Waals surface area contributed by atoms with E-state index in [9.17, 15) is 4.79 Å². The molecule has 6 nitrogen and oxygen atoms in total. The first-order valence-corrected chi connectivity index (χ1v) is 9.27. The highest BCUT2D eigenvalue weighted by molar-refractivity contribution is 5.93. The van der Waals surface area contributed by atoms with Crippen LogP contribution in [0.2, 0.25) is 0 Å². The van der Waals surface area contributed by atoms with Gasteiger partial charge in [-0.1, -0.05) is 48.5 Å². The molecule has 0 radical (unpaired) electrons. The third-order valence-corrected chi connectivity index (χ3v) is 4.40.